The molecule has 0 saturated heterocycles. The van der Waals surface area contributed by atoms with Gasteiger partial charge in [0, 0.05) is 23.3 Å². The standard InChI is InChI=1S/C23H29BrN2O3S/c1-4-13-25-23(28)17(2)26(14-18-7-11-21(29-3)12-8-18)22(27)16-30-15-19-5-9-20(24)10-6-19/h5-12,17H,4,13-16H2,1-3H3,(H,25,28)/t17-/m0/s1. The highest BCUT2D eigenvalue weighted by atomic mass is 79.9. The molecule has 1 N–H and O–H groups in total. The fourth-order valence-corrected chi connectivity index (χ4v) is 3.96. The van der Waals surface area contributed by atoms with Gasteiger partial charge in [-0.3, -0.25) is 9.59 Å². The SMILES string of the molecule is CCCNC(=O)[C@H](C)N(Cc1ccc(OC)cc1)C(=O)CSCc1ccc(Br)cc1. The van der Waals surface area contributed by atoms with Gasteiger partial charge in [-0.1, -0.05) is 47.1 Å². The molecule has 0 aliphatic heterocycles. The van der Waals surface area contributed by atoms with E-state index in [9.17, 15) is 9.59 Å². The van der Waals surface area contributed by atoms with Crippen molar-refractivity contribution in [3.05, 3.63) is 64.1 Å². The lowest BCUT2D eigenvalue weighted by molar-refractivity contribution is -0.138. The number of amides is 2. The van der Waals surface area contributed by atoms with Crippen LogP contribution in [0.2, 0.25) is 0 Å². The van der Waals surface area contributed by atoms with Crippen LogP contribution in [-0.4, -0.2) is 42.2 Å². The summed E-state index contributed by atoms with van der Waals surface area (Å²) >= 11 is 4.98. The van der Waals surface area contributed by atoms with Gasteiger partial charge in [0.05, 0.1) is 12.9 Å². The van der Waals surface area contributed by atoms with Gasteiger partial charge in [-0.05, 0) is 48.7 Å². The number of benzene rings is 2. The van der Waals surface area contributed by atoms with Crippen LogP contribution in [0.3, 0.4) is 0 Å². The highest BCUT2D eigenvalue weighted by Gasteiger charge is 2.25. The Hall–Kier alpha value is -1.99. The van der Waals surface area contributed by atoms with Crippen molar-refractivity contribution >= 4 is 39.5 Å². The Morgan fingerprint density at radius 2 is 1.73 bits per heavy atom. The molecule has 0 bridgehead atoms. The molecule has 2 amide bonds. The normalized spacial score (nSPS) is 11.6. The number of hydrogen-bond donors (Lipinski definition) is 1. The van der Waals surface area contributed by atoms with Crippen LogP contribution >= 0.6 is 27.7 Å². The number of hydrogen-bond acceptors (Lipinski definition) is 4. The zero-order valence-corrected chi connectivity index (χ0v) is 20.1. The van der Waals surface area contributed by atoms with Crippen LogP contribution < -0.4 is 10.1 Å². The highest BCUT2D eigenvalue weighted by Crippen LogP contribution is 2.19. The smallest absolute Gasteiger partial charge is 0.242 e. The minimum Gasteiger partial charge on any atom is -0.497 e. The number of methoxy groups -OCH3 is 1. The minimum absolute atomic E-state index is 0.0490. The molecule has 162 valence electrons. The van der Waals surface area contributed by atoms with E-state index in [2.05, 4.69) is 21.2 Å². The highest BCUT2D eigenvalue weighted by molar-refractivity contribution is 9.10. The second-order valence-corrected chi connectivity index (χ2v) is 8.86. The van der Waals surface area contributed by atoms with Gasteiger partial charge in [-0.15, -0.1) is 11.8 Å². The van der Waals surface area contributed by atoms with Gasteiger partial charge in [0.2, 0.25) is 11.8 Å². The summed E-state index contributed by atoms with van der Waals surface area (Å²) in [4.78, 5) is 27.2. The van der Waals surface area contributed by atoms with E-state index in [0.29, 0.717) is 18.8 Å². The minimum atomic E-state index is -0.542. The van der Waals surface area contributed by atoms with Crippen LogP contribution in [0.1, 0.15) is 31.4 Å². The van der Waals surface area contributed by atoms with Gasteiger partial charge in [0.25, 0.3) is 0 Å². The van der Waals surface area contributed by atoms with Crippen LogP contribution in [0, 0.1) is 0 Å². The zero-order chi connectivity index (χ0) is 21.9. The van der Waals surface area contributed by atoms with E-state index in [-0.39, 0.29) is 11.8 Å². The zero-order valence-electron chi connectivity index (χ0n) is 17.7. The first-order chi connectivity index (χ1) is 14.4. The maximum Gasteiger partial charge on any atom is 0.242 e. The van der Waals surface area contributed by atoms with Crippen molar-refractivity contribution in [1.29, 1.82) is 0 Å². The molecule has 7 heteroatoms. The maximum atomic E-state index is 13.0. The summed E-state index contributed by atoms with van der Waals surface area (Å²) in [5.41, 5.74) is 2.11. The van der Waals surface area contributed by atoms with Gasteiger partial charge in [-0.2, -0.15) is 0 Å². The topological polar surface area (TPSA) is 58.6 Å². The summed E-state index contributed by atoms with van der Waals surface area (Å²) in [6, 6.07) is 15.1. The van der Waals surface area contributed by atoms with Crippen LogP contribution in [0.25, 0.3) is 0 Å². The molecule has 30 heavy (non-hydrogen) atoms. The molecule has 0 aliphatic rings. The number of nitrogens with zero attached hydrogens (tertiary/aromatic N) is 1. The number of thioether (sulfide) groups is 1. The summed E-state index contributed by atoms with van der Waals surface area (Å²) in [6.07, 6.45) is 0.855. The number of nitrogens with one attached hydrogen (secondary N) is 1. The lowest BCUT2D eigenvalue weighted by atomic mass is 10.1. The Morgan fingerprint density at radius 1 is 1.10 bits per heavy atom. The molecular formula is C23H29BrN2O3S. The van der Waals surface area contributed by atoms with Crippen molar-refractivity contribution in [2.75, 3.05) is 19.4 Å². The van der Waals surface area contributed by atoms with Gasteiger partial charge >= 0.3 is 0 Å². The number of carbonyl (C=O) groups excluding carboxylic acids is 2. The summed E-state index contributed by atoms with van der Waals surface area (Å²) in [5.74, 6) is 1.64. The third-order valence-corrected chi connectivity index (χ3v) is 6.15. The molecule has 0 aromatic heterocycles. The predicted octanol–water partition coefficient (Wildman–Crippen LogP) is 4.63. The third-order valence-electron chi connectivity index (χ3n) is 4.64. The second kappa shape index (κ2) is 12.6. The van der Waals surface area contributed by atoms with Crippen LogP contribution in [0.4, 0.5) is 0 Å². The first kappa shape index (κ1) is 24.3. The lowest BCUT2D eigenvalue weighted by Gasteiger charge is -2.28. The summed E-state index contributed by atoms with van der Waals surface area (Å²) in [7, 11) is 1.62. The molecule has 2 aromatic carbocycles. The van der Waals surface area contributed by atoms with Crippen molar-refractivity contribution < 1.29 is 14.3 Å². The molecule has 2 rings (SSSR count). The Labute approximate surface area is 191 Å². The average molecular weight is 493 g/mol. The van der Waals surface area contributed by atoms with Gasteiger partial charge in [0.15, 0.2) is 0 Å². The molecule has 0 spiro atoms. The lowest BCUT2D eigenvalue weighted by Crippen LogP contribution is -2.48. The Morgan fingerprint density at radius 3 is 2.33 bits per heavy atom. The Kier molecular flexibility index (Phi) is 10.2. The van der Waals surface area contributed by atoms with Crippen molar-refractivity contribution in [1.82, 2.24) is 10.2 Å². The molecular weight excluding hydrogens is 464 g/mol. The maximum absolute atomic E-state index is 13.0. The van der Waals surface area contributed by atoms with E-state index in [1.165, 1.54) is 0 Å². The van der Waals surface area contributed by atoms with E-state index < -0.39 is 6.04 Å². The third kappa shape index (κ3) is 7.69. The monoisotopic (exact) mass is 492 g/mol. The average Bonchev–Trinajstić information content (AvgIpc) is 2.77. The van der Waals surface area contributed by atoms with Crippen molar-refractivity contribution in [2.45, 2.75) is 38.6 Å². The number of ether oxygens (including phenoxy) is 1. The molecule has 0 saturated carbocycles. The molecule has 0 radical (unpaired) electrons. The molecule has 0 unspecified atom stereocenters. The van der Waals surface area contributed by atoms with E-state index in [0.717, 1.165) is 33.5 Å². The van der Waals surface area contributed by atoms with Crippen LogP contribution in [0.5, 0.6) is 5.75 Å². The predicted molar refractivity (Wildman–Crippen MR) is 127 cm³/mol. The molecule has 1 atom stereocenters. The molecule has 0 fully saturated rings. The van der Waals surface area contributed by atoms with Crippen molar-refractivity contribution in [3.8, 4) is 5.75 Å². The summed E-state index contributed by atoms with van der Waals surface area (Å²) in [6.45, 7) is 4.77. The van der Waals surface area contributed by atoms with Gasteiger partial charge < -0.3 is 15.0 Å². The quantitative estimate of drug-likeness (QED) is 0.496. The second-order valence-electron chi connectivity index (χ2n) is 6.96. The first-order valence-electron chi connectivity index (χ1n) is 9.97. The summed E-state index contributed by atoms with van der Waals surface area (Å²) < 4.78 is 6.24. The fraction of sp³-hybridized carbons (Fsp3) is 0.391. The Bertz CT molecular complexity index is 812. The van der Waals surface area contributed by atoms with E-state index in [1.807, 2.05) is 55.5 Å². The number of carbonyl (C=O) groups is 2. The fourth-order valence-electron chi connectivity index (χ4n) is 2.83. The van der Waals surface area contributed by atoms with Crippen molar-refractivity contribution in [3.63, 3.8) is 0 Å². The van der Waals surface area contributed by atoms with Gasteiger partial charge in [-0.25, -0.2) is 0 Å². The van der Waals surface area contributed by atoms with Gasteiger partial charge in [0.1, 0.15) is 11.8 Å². The molecule has 0 aliphatic carbocycles. The van der Waals surface area contributed by atoms with Crippen molar-refractivity contribution in [2.24, 2.45) is 0 Å². The summed E-state index contributed by atoms with van der Waals surface area (Å²) in [5, 5.41) is 2.89. The number of halogens is 1. The van der Waals surface area contributed by atoms with E-state index in [1.54, 1.807) is 30.7 Å². The Balaban J connectivity index is 2.04. The molecule has 5 nitrogen and oxygen atoms in total. The van der Waals surface area contributed by atoms with Crippen LogP contribution in [0.15, 0.2) is 53.0 Å². The number of rotatable bonds is 11. The first-order valence-corrected chi connectivity index (χ1v) is 11.9. The molecule has 2 aromatic rings. The largest absolute Gasteiger partial charge is 0.497 e. The molecule has 0 heterocycles. The van der Waals surface area contributed by atoms with Crippen LogP contribution in [-0.2, 0) is 21.9 Å². The van der Waals surface area contributed by atoms with E-state index >= 15 is 0 Å². The van der Waals surface area contributed by atoms with E-state index in [4.69, 9.17) is 4.74 Å².